The van der Waals surface area contributed by atoms with Crippen molar-refractivity contribution in [3.63, 3.8) is 0 Å². The minimum atomic E-state index is -0.447. The molecule has 0 saturated carbocycles. The summed E-state index contributed by atoms with van der Waals surface area (Å²) < 4.78 is 6.56. The van der Waals surface area contributed by atoms with Gasteiger partial charge in [0.2, 0.25) is 0 Å². The Morgan fingerprint density at radius 3 is 2.41 bits per heavy atom. The predicted molar refractivity (Wildman–Crippen MR) is 154 cm³/mol. The lowest BCUT2D eigenvalue weighted by Gasteiger charge is -2.34. The van der Waals surface area contributed by atoms with Crippen LogP contribution in [0.2, 0.25) is 0 Å². The Labute approximate surface area is 239 Å². The summed E-state index contributed by atoms with van der Waals surface area (Å²) in [7, 11) is 0. The summed E-state index contributed by atoms with van der Waals surface area (Å²) in [6.07, 6.45) is -0.390. The zero-order valence-corrected chi connectivity index (χ0v) is 23.1. The molecule has 1 aromatic heterocycles. The Hall–Kier alpha value is -4.71. The summed E-state index contributed by atoms with van der Waals surface area (Å²) in [5, 5.41) is 12.0. The number of para-hydroxylation sites is 1. The Morgan fingerprint density at radius 1 is 0.976 bits per heavy atom. The van der Waals surface area contributed by atoms with Gasteiger partial charge >= 0.3 is 6.09 Å². The molecule has 1 saturated heterocycles. The summed E-state index contributed by atoms with van der Waals surface area (Å²) in [5.74, 6) is 0.130. The average Bonchev–Trinajstić information content (AvgIpc) is 3.00. The average molecular weight is 574 g/mol. The molecule has 0 N–H and O–H groups in total. The van der Waals surface area contributed by atoms with Crippen LogP contribution in [0.15, 0.2) is 82.7 Å². The molecule has 210 valence electrons. The molecular weight excluding hydrogens is 546 g/mol. The smallest absolute Gasteiger partial charge is 0.409 e. The first-order valence-electron chi connectivity index (χ1n) is 13.0. The third-order valence-electron chi connectivity index (χ3n) is 6.68. The highest BCUT2D eigenvalue weighted by molar-refractivity contribution is 7.98. The van der Waals surface area contributed by atoms with E-state index in [0.29, 0.717) is 71.4 Å². The van der Waals surface area contributed by atoms with Gasteiger partial charge in [-0.1, -0.05) is 42.1 Å². The first-order chi connectivity index (χ1) is 19.9. The van der Waals surface area contributed by atoms with Gasteiger partial charge in [0.15, 0.2) is 5.16 Å². The van der Waals surface area contributed by atoms with Crippen molar-refractivity contribution in [2.45, 2.75) is 17.8 Å². The highest BCUT2D eigenvalue weighted by Gasteiger charge is 2.26. The van der Waals surface area contributed by atoms with Crippen molar-refractivity contribution >= 4 is 40.4 Å². The lowest BCUT2D eigenvalue weighted by atomic mass is 10.1. The molecule has 0 bridgehead atoms. The molecular formula is C29H27N5O6S. The molecule has 0 atom stereocenters. The zero-order chi connectivity index (χ0) is 28.9. The van der Waals surface area contributed by atoms with E-state index in [1.165, 1.54) is 28.5 Å². The molecule has 0 spiro atoms. The molecule has 1 aliphatic heterocycles. The molecule has 1 fully saturated rings. The van der Waals surface area contributed by atoms with Crippen LogP contribution < -0.4 is 5.56 Å². The maximum absolute atomic E-state index is 13.7. The van der Waals surface area contributed by atoms with Crippen LogP contribution >= 0.6 is 11.8 Å². The van der Waals surface area contributed by atoms with E-state index in [0.717, 1.165) is 0 Å². The summed E-state index contributed by atoms with van der Waals surface area (Å²) in [4.78, 5) is 57.8. The van der Waals surface area contributed by atoms with Gasteiger partial charge in [-0.2, -0.15) is 0 Å². The van der Waals surface area contributed by atoms with Crippen molar-refractivity contribution in [2.75, 3.05) is 32.8 Å². The van der Waals surface area contributed by atoms with Crippen molar-refractivity contribution < 1.29 is 19.2 Å². The number of rotatable bonds is 7. The van der Waals surface area contributed by atoms with Crippen molar-refractivity contribution in [1.82, 2.24) is 19.4 Å². The molecule has 0 radical (unpaired) electrons. The fourth-order valence-corrected chi connectivity index (χ4v) is 5.55. The van der Waals surface area contributed by atoms with E-state index in [4.69, 9.17) is 9.72 Å². The second-order valence-electron chi connectivity index (χ2n) is 9.30. The van der Waals surface area contributed by atoms with Gasteiger partial charge in [0.25, 0.3) is 17.2 Å². The number of carbonyl (C=O) groups excluding carboxylic acids is 2. The van der Waals surface area contributed by atoms with Crippen LogP contribution in [0.5, 0.6) is 0 Å². The van der Waals surface area contributed by atoms with Crippen molar-refractivity contribution in [3.05, 3.63) is 104 Å². The van der Waals surface area contributed by atoms with Crippen LogP contribution in [-0.4, -0.2) is 69.1 Å². The lowest BCUT2D eigenvalue weighted by molar-refractivity contribution is -0.384. The highest BCUT2D eigenvalue weighted by Crippen LogP contribution is 2.26. The quantitative estimate of drug-likeness (QED) is 0.137. The molecule has 5 rings (SSSR count). The van der Waals surface area contributed by atoms with Gasteiger partial charge in [-0.05, 0) is 42.8 Å². The van der Waals surface area contributed by atoms with E-state index >= 15 is 0 Å². The number of fused-ring (bicyclic) bond motifs is 1. The number of nitro groups is 1. The van der Waals surface area contributed by atoms with Crippen molar-refractivity contribution in [1.29, 1.82) is 0 Å². The van der Waals surface area contributed by atoms with Gasteiger partial charge in [-0.15, -0.1) is 0 Å². The second kappa shape index (κ2) is 12.2. The standard InChI is InChI=1S/C29H27N5O6S/c1-2-40-29(37)32-15-13-31(14-16-32)26(35)21-11-12-24-25(18-21)30-28(33(27(24)36)22-8-4-3-5-9-22)41-19-20-7-6-10-23(17-20)34(38)39/h3-12,17-18H,2,13-16,19H2,1H3. The van der Waals surface area contributed by atoms with Gasteiger partial charge in [-0.3, -0.25) is 24.3 Å². The Bertz CT molecular complexity index is 1670. The monoisotopic (exact) mass is 573 g/mol. The molecule has 0 aliphatic carbocycles. The molecule has 2 amide bonds. The largest absolute Gasteiger partial charge is 0.450 e. The van der Waals surface area contributed by atoms with Crippen molar-refractivity contribution in [3.8, 4) is 5.69 Å². The van der Waals surface area contributed by atoms with E-state index in [2.05, 4.69) is 0 Å². The van der Waals surface area contributed by atoms with Crippen LogP contribution in [0.3, 0.4) is 0 Å². The van der Waals surface area contributed by atoms with Gasteiger partial charge in [0.1, 0.15) is 0 Å². The maximum Gasteiger partial charge on any atom is 0.409 e. The fraction of sp³-hybridized carbons (Fsp3) is 0.241. The number of non-ortho nitro benzene ring substituents is 1. The molecule has 41 heavy (non-hydrogen) atoms. The number of carbonyl (C=O) groups is 2. The van der Waals surface area contributed by atoms with Crippen LogP contribution in [0.25, 0.3) is 16.6 Å². The molecule has 11 nitrogen and oxygen atoms in total. The van der Waals surface area contributed by atoms with Crippen LogP contribution in [0.4, 0.5) is 10.5 Å². The number of nitro benzene ring substituents is 1. The molecule has 1 aliphatic rings. The van der Waals surface area contributed by atoms with E-state index in [1.54, 1.807) is 59.2 Å². The van der Waals surface area contributed by atoms with Crippen LogP contribution in [-0.2, 0) is 10.5 Å². The number of thioether (sulfide) groups is 1. The van der Waals surface area contributed by atoms with Gasteiger partial charge < -0.3 is 14.5 Å². The molecule has 12 heteroatoms. The fourth-order valence-electron chi connectivity index (χ4n) is 4.60. The normalized spacial score (nSPS) is 13.3. The Morgan fingerprint density at radius 2 is 1.71 bits per heavy atom. The van der Waals surface area contributed by atoms with E-state index in [-0.39, 0.29) is 23.2 Å². The number of piperazine rings is 1. The topological polar surface area (TPSA) is 128 Å². The Balaban J connectivity index is 1.46. The maximum atomic E-state index is 13.7. The third-order valence-corrected chi connectivity index (χ3v) is 7.69. The number of hydrogen-bond acceptors (Lipinski definition) is 8. The lowest BCUT2D eigenvalue weighted by Crippen LogP contribution is -2.50. The SMILES string of the molecule is CCOC(=O)N1CCN(C(=O)c2ccc3c(=O)n(-c4ccccc4)c(SCc4cccc([N+](=O)[O-])c4)nc3c2)CC1. The molecule has 3 aromatic carbocycles. The number of amides is 2. The zero-order valence-electron chi connectivity index (χ0n) is 22.3. The van der Waals surface area contributed by atoms with Crippen LogP contribution in [0.1, 0.15) is 22.8 Å². The number of ether oxygens (including phenoxy) is 1. The van der Waals surface area contributed by atoms with E-state index in [9.17, 15) is 24.5 Å². The summed E-state index contributed by atoms with van der Waals surface area (Å²) in [6, 6.07) is 20.3. The van der Waals surface area contributed by atoms with Gasteiger partial charge in [-0.25, -0.2) is 9.78 Å². The third kappa shape index (κ3) is 6.07. The molecule has 0 unspecified atom stereocenters. The number of benzene rings is 3. The number of hydrogen-bond donors (Lipinski definition) is 0. The van der Waals surface area contributed by atoms with E-state index in [1.807, 2.05) is 18.2 Å². The van der Waals surface area contributed by atoms with Crippen molar-refractivity contribution in [2.24, 2.45) is 0 Å². The summed E-state index contributed by atoms with van der Waals surface area (Å²) >= 11 is 1.28. The highest BCUT2D eigenvalue weighted by atomic mass is 32.2. The summed E-state index contributed by atoms with van der Waals surface area (Å²) in [6.45, 7) is 3.51. The van der Waals surface area contributed by atoms with Crippen LogP contribution in [0, 0.1) is 10.1 Å². The first-order valence-corrected chi connectivity index (χ1v) is 14.0. The van der Waals surface area contributed by atoms with E-state index < -0.39 is 4.92 Å². The molecule has 2 heterocycles. The summed E-state index contributed by atoms with van der Waals surface area (Å²) in [5.41, 5.74) is 1.81. The minimum absolute atomic E-state index is 0.0127. The number of aromatic nitrogens is 2. The minimum Gasteiger partial charge on any atom is -0.450 e. The first kappa shape index (κ1) is 27.8. The molecule has 4 aromatic rings. The van der Waals surface area contributed by atoms with Gasteiger partial charge in [0, 0.05) is 49.6 Å². The predicted octanol–water partition coefficient (Wildman–Crippen LogP) is 4.50. The second-order valence-corrected chi connectivity index (χ2v) is 10.2. The number of nitrogens with zero attached hydrogens (tertiary/aromatic N) is 5. The Kier molecular flexibility index (Phi) is 8.29. The van der Waals surface area contributed by atoms with Gasteiger partial charge in [0.05, 0.1) is 28.1 Å².